The molecule has 7 atom stereocenters. The SMILES string of the molecule is C=CCCCOC(=O)[C@@H]1[C@@H]2CC(C)C3(S2)C(C(=O)N(CC=C)C(C)(C)CC(C)(C)C)N([C@H](C)CO)C(=O)[C@H]13. The van der Waals surface area contributed by atoms with E-state index in [1.807, 2.05) is 4.90 Å². The number of carbonyl (C=O) groups is 3. The molecule has 0 radical (unpaired) electrons. The van der Waals surface area contributed by atoms with Crippen LogP contribution in [0.25, 0.3) is 0 Å². The van der Waals surface area contributed by atoms with E-state index in [0.29, 0.717) is 13.0 Å². The summed E-state index contributed by atoms with van der Waals surface area (Å²) in [6, 6.07) is -1.33. The molecule has 2 amide bonds. The average molecular weight is 549 g/mol. The minimum absolute atomic E-state index is 0.0259. The number of thioether (sulfide) groups is 1. The van der Waals surface area contributed by atoms with Gasteiger partial charge >= 0.3 is 5.97 Å². The Morgan fingerprint density at radius 3 is 2.47 bits per heavy atom. The predicted octanol–water partition coefficient (Wildman–Crippen LogP) is 4.44. The van der Waals surface area contributed by atoms with Crippen LogP contribution < -0.4 is 0 Å². The van der Waals surface area contributed by atoms with Crippen LogP contribution in [0.3, 0.4) is 0 Å². The fraction of sp³-hybridized carbons (Fsp3) is 0.767. The quantitative estimate of drug-likeness (QED) is 0.220. The molecule has 2 bridgehead atoms. The molecule has 1 N–H and O–H groups in total. The van der Waals surface area contributed by atoms with Gasteiger partial charge in [-0.25, -0.2) is 0 Å². The lowest BCUT2D eigenvalue weighted by Crippen LogP contribution is -2.62. The number of hydrogen-bond donors (Lipinski definition) is 1. The molecular formula is C30H48N2O5S. The molecule has 3 unspecified atom stereocenters. The molecule has 38 heavy (non-hydrogen) atoms. The minimum atomic E-state index is -0.773. The number of amides is 2. The van der Waals surface area contributed by atoms with Gasteiger partial charge in [0.1, 0.15) is 6.04 Å². The number of aliphatic hydroxyl groups is 1. The number of likely N-dealkylation sites (tertiary alicyclic amines) is 1. The Morgan fingerprint density at radius 2 is 1.92 bits per heavy atom. The Kier molecular flexibility index (Phi) is 9.19. The van der Waals surface area contributed by atoms with E-state index in [1.54, 1.807) is 35.7 Å². The largest absolute Gasteiger partial charge is 0.465 e. The van der Waals surface area contributed by atoms with Crippen LogP contribution in [0.2, 0.25) is 0 Å². The summed E-state index contributed by atoms with van der Waals surface area (Å²) >= 11 is 1.63. The first-order valence-corrected chi connectivity index (χ1v) is 14.9. The van der Waals surface area contributed by atoms with Crippen molar-refractivity contribution in [2.24, 2.45) is 23.2 Å². The zero-order valence-corrected chi connectivity index (χ0v) is 25.2. The van der Waals surface area contributed by atoms with E-state index in [1.165, 1.54) is 0 Å². The molecule has 1 spiro atoms. The van der Waals surface area contributed by atoms with Gasteiger partial charge in [0.25, 0.3) is 0 Å². The Labute approximate surface area is 233 Å². The number of ether oxygens (including phenoxy) is 1. The third-order valence-corrected chi connectivity index (χ3v) is 10.6. The number of allylic oxidation sites excluding steroid dienone is 1. The first kappa shape index (κ1) is 30.7. The summed E-state index contributed by atoms with van der Waals surface area (Å²) in [5.41, 5.74) is -0.523. The summed E-state index contributed by atoms with van der Waals surface area (Å²) in [7, 11) is 0. The molecule has 8 heteroatoms. The van der Waals surface area contributed by atoms with Gasteiger partial charge in [0.05, 0.1) is 35.8 Å². The monoisotopic (exact) mass is 548 g/mol. The average Bonchev–Trinajstić information content (AvgIpc) is 3.41. The predicted molar refractivity (Wildman–Crippen MR) is 153 cm³/mol. The van der Waals surface area contributed by atoms with Crippen LogP contribution in [0, 0.1) is 23.2 Å². The molecule has 0 aromatic rings. The van der Waals surface area contributed by atoms with Crippen LogP contribution >= 0.6 is 11.8 Å². The van der Waals surface area contributed by atoms with Crippen LogP contribution in [-0.2, 0) is 19.1 Å². The molecule has 0 saturated carbocycles. The molecule has 214 valence electrons. The highest BCUT2D eigenvalue weighted by atomic mass is 32.2. The number of nitrogens with zero attached hydrogens (tertiary/aromatic N) is 2. The smallest absolute Gasteiger partial charge is 0.310 e. The first-order valence-electron chi connectivity index (χ1n) is 14.0. The molecule has 0 aliphatic carbocycles. The van der Waals surface area contributed by atoms with E-state index < -0.39 is 34.2 Å². The van der Waals surface area contributed by atoms with Crippen LogP contribution in [-0.4, -0.2) is 80.1 Å². The Balaban J connectivity index is 2.06. The number of carbonyl (C=O) groups excluding carboxylic acids is 3. The molecule has 3 aliphatic heterocycles. The van der Waals surface area contributed by atoms with E-state index in [4.69, 9.17) is 4.74 Å². The normalized spacial score (nSPS) is 31.2. The number of aliphatic hydroxyl groups excluding tert-OH is 1. The molecule has 0 aromatic heterocycles. The van der Waals surface area contributed by atoms with Gasteiger partial charge in [-0.05, 0) is 57.8 Å². The summed E-state index contributed by atoms with van der Waals surface area (Å²) in [6.45, 7) is 22.5. The summed E-state index contributed by atoms with van der Waals surface area (Å²) in [4.78, 5) is 45.7. The molecule has 0 aromatic carbocycles. The maximum Gasteiger partial charge on any atom is 0.310 e. The van der Waals surface area contributed by atoms with Crippen molar-refractivity contribution in [1.29, 1.82) is 0 Å². The lowest BCUT2D eigenvalue weighted by atomic mass is 9.66. The van der Waals surface area contributed by atoms with Gasteiger partial charge in [0, 0.05) is 17.3 Å². The zero-order chi connectivity index (χ0) is 28.6. The molecule has 3 rings (SSSR count). The van der Waals surface area contributed by atoms with Crippen LogP contribution in [0.15, 0.2) is 25.3 Å². The summed E-state index contributed by atoms with van der Waals surface area (Å²) < 4.78 is 4.91. The van der Waals surface area contributed by atoms with E-state index in [0.717, 1.165) is 19.3 Å². The molecule has 3 aliphatic rings. The minimum Gasteiger partial charge on any atom is -0.465 e. The molecule has 3 saturated heterocycles. The fourth-order valence-corrected chi connectivity index (χ4v) is 9.76. The second-order valence-electron chi connectivity index (χ2n) is 13.2. The Bertz CT molecular complexity index is 943. The summed E-state index contributed by atoms with van der Waals surface area (Å²) in [6.07, 6.45) is 6.48. The summed E-state index contributed by atoms with van der Waals surface area (Å²) in [5, 5.41) is 10.1. The standard InChI is InChI=1S/C30H48N2O5S/c1-10-12-13-15-37-27(36)22-21-16-19(3)30(38-21)23(22)25(34)32(20(4)17-33)24(30)26(35)31(14-11-2)29(8,9)18-28(5,6)7/h10-11,19-24,33H,1-2,12-18H2,3-9H3/t19?,20-,21+,22-,23+,24?,30?/m1/s1. The highest BCUT2D eigenvalue weighted by Gasteiger charge is 2.77. The van der Waals surface area contributed by atoms with Gasteiger partial charge in [-0.3, -0.25) is 14.4 Å². The van der Waals surface area contributed by atoms with Gasteiger partial charge in [-0.15, -0.1) is 24.9 Å². The van der Waals surface area contributed by atoms with E-state index in [9.17, 15) is 19.5 Å². The lowest BCUT2D eigenvalue weighted by Gasteiger charge is -2.47. The number of hydrogen-bond acceptors (Lipinski definition) is 6. The van der Waals surface area contributed by atoms with Crippen molar-refractivity contribution >= 4 is 29.5 Å². The fourth-order valence-electron chi connectivity index (χ4n) is 7.37. The number of fused-ring (bicyclic) bond motifs is 1. The van der Waals surface area contributed by atoms with Crippen molar-refractivity contribution in [3.63, 3.8) is 0 Å². The second-order valence-corrected chi connectivity index (χ2v) is 14.8. The topological polar surface area (TPSA) is 87.2 Å². The van der Waals surface area contributed by atoms with Crippen LogP contribution in [0.5, 0.6) is 0 Å². The van der Waals surface area contributed by atoms with Gasteiger partial charge in [0.2, 0.25) is 11.8 Å². The van der Waals surface area contributed by atoms with Crippen molar-refractivity contribution in [1.82, 2.24) is 9.80 Å². The molecular weight excluding hydrogens is 500 g/mol. The zero-order valence-electron chi connectivity index (χ0n) is 24.4. The van der Waals surface area contributed by atoms with Crippen molar-refractivity contribution in [3.8, 4) is 0 Å². The highest BCUT2D eigenvalue weighted by Crippen LogP contribution is 2.69. The first-order chi connectivity index (χ1) is 17.7. The van der Waals surface area contributed by atoms with Crippen molar-refractivity contribution in [3.05, 3.63) is 25.3 Å². The van der Waals surface area contributed by atoms with E-state index >= 15 is 0 Å². The maximum atomic E-state index is 14.7. The van der Waals surface area contributed by atoms with E-state index in [2.05, 4.69) is 54.7 Å². The highest BCUT2D eigenvalue weighted by molar-refractivity contribution is 8.02. The van der Waals surface area contributed by atoms with E-state index in [-0.39, 0.29) is 47.6 Å². The van der Waals surface area contributed by atoms with Crippen molar-refractivity contribution < 1.29 is 24.2 Å². The third-order valence-electron chi connectivity index (χ3n) is 8.50. The van der Waals surface area contributed by atoms with Gasteiger partial charge in [-0.1, -0.05) is 39.8 Å². The van der Waals surface area contributed by atoms with Crippen LogP contribution in [0.1, 0.15) is 74.1 Å². The van der Waals surface area contributed by atoms with Crippen molar-refractivity contribution in [2.45, 2.75) is 102 Å². The second kappa shape index (κ2) is 11.4. The molecule has 3 fully saturated rings. The number of unbranched alkanes of at least 4 members (excludes halogenated alkanes) is 1. The number of esters is 1. The summed E-state index contributed by atoms with van der Waals surface area (Å²) in [5.74, 6) is -1.87. The maximum absolute atomic E-state index is 14.7. The van der Waals surface area contributed by atoms with Crippen molar-refractivity contribution in [2.75, 3.05) is 19.8 Å². The number of rotatable bonds is 12. The van der Waals surface area contributed by atoms with Gasteiger partial charge in [-0.2, -0.15) is 0 Å². The Morgan fingerprint density at radius 1 is 1.26 bits per heavy atom. The van der Waals surface area contributed by atoms with Gasteiger partial charge in [0.15, 0.2) is 0 Å². The Hall–Kier alpha value is -1.80. The van der Waals surface area contributed by atoms with Gasteiger partial charge < -0.3 is 19.6 Å². The lowest BCUT2D eigenvalue weighted by molar-refractivity contribution is -0.155. The molecule has 3 heterocycles. The van der Waals surface area contributed by atoms with Crippen LogP contribution in [0.4, 0.5) is 0 Å². The molecule has 7 nitrogen and oxygen atoms in total. The third kappa shape index (κ3) is 5.32.